The Bertz CT molecular complexity index is 692. The molecule has 0 bridgehead atoms. The van der Waals surface area contributed by atoms with Crippen molar-refractivity contribution >= 4 is 27.0 Å². The Balaban J connectivity index is 1.69. The maximum atomic E-state index is 12.1. The molecule has 0 aliphatic heterocycles. The van der Waals surface area contributed by atoms with Gasteiger partial charge in [-0.15, -0.1) is 11.3 Å². The summed E-state index contributed by atoms with van der Waals surface area (Å²) in [5.41, 5.74) is 0.878. The van der Waals surface area contributed by atoms with Gasteiger partial charge in [0.05, 0.1) is 10.9 Å². The van der Waals surface area contributed by atoms with Crippen LogP contribution in [0.5, 0.6) is 0 Å². The summed E-state index contributed by atoms with van der Waals surface area (Å²) in [4.78, 5) is 4.57. The van der Waals surface area contributed by atoms with Crippen LogP contribution in [0.1, 0.15) is 30.8 Å². The number of rotatable bonds is 6. The molecule has 0 radical (unpaired) electrons. The molecule has 21 heavy (non-hydrogen) atoms. The second kappa shape index (κ2) is 5.75. The van der Waals surface area contributed by atoms with Gasteiger partial charge in [-0.3, -0.25) is 0 Å². The van der Waals surface area contributed by atoms with Crippen molar-refractivity contribution in [1.82, 2.24) is 9.71 Å². The van der Waals surface area contributed by atoms with Crippen LogP contribution in [0, 0.1) is 0 Å². The van der Waals surface area contributed by atoms with Crippen LogP contribution >= 0.6 is 11.3 Å². The lowest BCUT2D eigenvalue weighted by molar-refractivity contribution is 0.581. The molecular weight excluding hydrogens is 306 g/mol. The first-order valence-electron chi connectivity index (χ1n) is 6.83. The van der Waals surface area contributed by atoms with Crippen molar-refractivity contribution in [1.29, 1.82) is 0 Å². The van der Waals surface area contributed by atoms with E-state index in [1.807, 2.05) is 12.3 Å². The third-order valence-electron chi connectivity index (χ3n) is 3.27. The molecule has 7 heteroatoms. The smallest absolute Gasteiger partial charge is 0.240 e. The molecule has 0 spiro atoms. The third-order valence-corrected chi connectivity index (χ3v) is 5.76. The standard InChI is InChI=1S/C14H17N3O2S2/c1-10(14-15-8-9-20-14)16-11-4-6-13(7-5-11)21(18,19)17-12-2-3-12/h4-10,12,16-17H,2-3H2,1H3. The summed E-state index contributed by atoms with van der Waals surface area (Å²) >= 11 is 1.59. The highest BCUT2D eigenvalue weighted by molar-refractivity contribution is 7.89. The summed E-state index contributed by atoms with van der Waals surface area (Å²) < 4.78 is 26.8. The maximum Gasteiger partial charge on any atom is 0.240 e. The molecule has 1 unspecified atom stereocenters. The van der Waals surface area contributed by atoms with Crippen LogP contribution in [0.4, 0.5) is 5.69 Å². The molecule has 2 aromatic rings. The summed E-state index contributed by atoms with van der Waals surface area (Å²) in [5, 5.41) is 6.25. The molecule has 1 heterocycles. The fourth-order valence-electron chi connectivity index (χ4n) is 1.98. The van der Waals surface area contributed by atoms with Crippen molar-refractivity contribution in [2.75, 3.05) is 5.32 Å². The van der Waals surface area contributed by atoms with Crippen LogP contribution in [0.25, 0.3) is 0 Å². The minimum Gasteiger partial charge on any atom is -0.376 e. The zero-order valence-electron chi connectivity index (χ0n) is 11.6. The maximum absolute atomic E-state index is 12.1. The number of hydrogen-bond donors (Lipinski definition) is 2. The number of aromatic nitrogens is 1. The van der Waals surface area contributed by atoms with Crippen molar-refractivity contribution in [3.8, 4) is 0 Å². The van der Waals surface area contributed by atoms with E-state index in [4.69, 9.17) is 0 Å². The number of thiazole rings is 1. The highest BCUT2D eigenvalue weighted by Gasteiger charge is 2.27. The van der Waals surface area contributed by atoms with Crippen molar-refractivity contribution < 1.29 is 8.42 Å². The highest BCUT2D eigenvalue weighted by Crippen LogP contribution is 2.24. The van der Waals surface area contributed by atoms with Gasteiger partial charge in [-0.2, -0.15) is 0 Å². The molecule has 3 rings (SSSR count). The van der Waals surface area contributed by atoms with Gasteiger partial charge in [0.15, 0.2) is 0 Å². The van der Waals surface area contributed by atoms with E-state index in [0.29, 0.717) is 4.90 Å². The summed E-state index contributed by atoms with van der Waals surface area (Å²) in [5.74, 6) is 0. The normalized spacial score (nSPS) is 16.6. The van der Waals surface area contributed by atoms with E-state index in [-0.39, 0.29) is 12.1 Å². The van der Waals surface area contributed by atoms with E-state index >= 15 is 0 Å². The molecule has 5 nitrogen and oxygen atoms in total. The Hall–Kier alpha value is -1.44. The van der Waals surface area contributed by atoms with Crippen LogP contribution in [-0.2, 0) is 10.0 Å². The van der Waals surface area contributed by atoms with E-state index in [9.17, 15) is 8.42 Å². The van der Waals surface area contributed by atoms with Crippen LogP contribution in [0.15, 0.2) is 40.7 Å². The summed E-state index contributed by atoms with van der Waals surface area (Å²) in [6.45, 7) is 2.03. The predicted octanol–water partition coefficient (Wildman–Crippen LogP) is 2.76. The van der Waals surface area contributed by atoms with E-state index in [2.05, 4.69) is 15.0 Å². The SMILES string of the molecule is CC(Nc1ccc(S(=O)(=O)NC2CC2)cc1)c1nccs1. The second-order valence-electron chi connectivity index (χ2n) is 5.16. The van der Waals surface area contributed by atoms with Gasteiger partial charge in [-0.05, 0) is 44.0 Å². The lowest BCUT2D eigenvalue weighted by atomic mass is 10.3. The van der Waals surface area contributed by atoms with Crippen LogP contribution in [0.3, 0.4) is 0 Å². The molecule has 0 amide bonds. The number of nitrogens with one attached hydrogen (secondary N) is 2. The summed E-state index contributed by atoms with van der Waals surface area (Å²) in [6, 6.07) is 7.04. The Kier molecular flexibility index (Phi) is 3.97. The molecule has 0 saturated heterocycles. The first-order chi connectivity index (χ1) is 10.0. The van der Waals surface area contributed by atoms with E-state index in [0.717, 1.165) is 23.5 Å². The summed E-state index contributed by atoms with van der Waals surface area (Å²) in [6.07, 6.45) is 3.64. The Morgan fingerprint density at radius 1 is 1.29 bits per heavy atom. The molecule has 1 atom stereocenters. The fraction of sp³-hybridized carbons (Fsp3) is 0.357. The van der Waals surface area contributed by atoms with Crippen LogP contribution < -0.4 is 10.0 Å². The minimum absolute atomic E-state index is 0.0945. The monoisotopic (exact) mass is 323 g/mol. The number of anilines is 1. The molecule has 1 fully saturated rings. The Labute approximate surface area is 128 Å². The van der Waals surface area contributed by atoms with Crippen LogP contribution in [0.2, 0.25) is 0 Å². The molecular formula is C14H17N3O2S2. The summed E-state index contributed by atoms with van der Waals surface area (Å²) in [7, 11) is -3.37. The number of benzene rings is 1. The number of hydrogen-bond acceptors (Lipinski definition) is 5. The van der Waals surface area contributed by atoms with Gasteiger partial charge >= 0.3 is 0 Å². The lowest BCUT2D eigenvalue weighted by Gasteiger charge is -2.13. The predicted molar refractivity (Wildman–Crippen MR) is 83.9 cm³/mol. The molecule has 1 aromatic heterocycles. The third kappa shape index (κ3) is 3.61. The van der Waals surface area contributed by atoms with Gasteiger partial charge in [0, 0.05) is 23.3 Å². The fourth-order valence-corrected chi connectivity index (χ4v) is 3.93. The molecule has 1 aliphatic carbocycles. The van der Waals surface area contributed by atoms with Gasteiger partial charge in [0.2, 0.25) is 10.0 Å². The lowest BCUT2D eigenvalue weighted by Crippen LogP contribution is -2.25. The average molecular weight is 323 g/mol. The molecule has 2 N–H and O–H groups in total. The van der Waals surface area contributed by atoms with Gasteiger partial charge in [0.1, 0.15) is 5.01 Å². The molecule has 1 saturated carbocycles. The van der Waals surface area contributed by atoms with Gasteiger partial charge in [-0.25, -0.2) is 18.1 Å². The molecule has 112 valence electrons. The highest BCUT2D eigenvalue weighted by atomic mass is 32.2. The zero-order chi connectivity index (χ0) is 14.9. The van der Waals surface area contributed by atoms with Crippen molar-refractivity contribution in [2.45, 2.75) is 36.7 Å². The van der Waals surface area contributed by atoms with Crippen molar-refractivity contribution in [3.05, 3.63) is 40.8 Å². The van der Waals surface area contributed by atoms with Gasteiger partial charge in [0.25, 0.3) is 0 Å². The first-order valence-corrected chi connectivity index (χ1v) is 9.19. The van der Waals surface area contributed by atoms with E-state index in [1.165, 1.54) is 0 Å². The molecule has 1 aromatic carbocycles. The quantitative estimate of drug-likeness (QED) is 0.857. The van der Waals surface area contributed by atoms with E-state index in [1.54, 1.807) is 41.8 Å². The van der Waals surface area contributed by atoms with Gasteiger partial charge in [-0.1, -0.05) is 0 Å². The second-order valence-corrected chi connectivity index (χ2v) is 7.80. The van der Waals surface area contributed by atoms with Crippen molar-refractivity contribution in [2.24, 2.45) is 0 Å². The topological polar surface area (TPSA) is 71.1 Å². The molecule has 1 aliphatic rings. The van der Waals surface area contributed by atoms with Crippen LogP contribution in [-0.4, -0.2) is 19.4 Å². The number of sulfonamides is 1. The average Bonchev–Trinajstić information content (AvgIpc) is 3.08. The zero-order valence-corrected chi connectivity index (χ0v) is 13.2. The Morgan fingerprint density at radius 2 is 2.00 bits per heavy atom. The van der Waals surface area contributed by atoms with Gasteiger partial charge < -0.3 is 5.32 Å². The van der Waals surface area contributed by atoms with Crippen molar-refractivity contribution in [3.63, 3.8) is 0 Å². The van der Waals surface area contributed by atoms with E-state index < -0.39 is 10.0 Å². The first kappa shape index (κ1) is 14.5. The largest absolute Gasteiger partial charge is 0.376 e. The Morgan fingerprint density at radius 3 is 2.57 bits per heavy atom. The minimum atomic E-state index is -3.37. The number of nitrogens with zero attached hydrogens (tertiary/aromatic N) is 1.